The molecule has 33 heavy (non-hydrogen) atoms. The predicted molar refractivity (Wildman–Crippen MR) is 116 cm³/mol. The summed E-state index contributed by atoms with van der Waals surface area (Å²) in [5.74, 6) is -1.07. The maximum absolute atomic E-state index is 13.6. The number of allylic oxidation sites excluding steroid dienone is 1. The second-order valence-electron chi connectivity index (χ2n) is 8.85. The van der Waals surface area contributed by atoms with Gasteiger partial charge in [-0.2, -0.15) is 0 Å². The summed E-state index contributed by atoms with van der Waals surface area (Å²) in [7, 11) is 0. The maximum atomic E-state index is 13.6. The number of aliphatic hydroxyl groups excluding tert-OH is 3. The van der Waals surface area contributed by atoms with Crippen molar-refractivity contribution in [3.8, 4) is 11.5 Å². The number of aryl methyl sites for hydroxylation is 1. The minimum absolute atomic E-state index is 0.00668. The number of aromatic hydroxyl groups is 1. The number of carbonyl (C=O) groups excluding carboxylic acids is 2. The Morgan fingerprint density at radius 3 is 2.55 bits per heavy atom. The Kier molecular flexibility index (Phi) is 5.13. The van der Waals surface area contributed by atoms with Crippen LogP contribution in [0.25, 0.3) is 5.57 Å². The van der Waals surface area contributed by atoms with E-state index in [9.17, 15) is 30.0 Å². The van der Waals surface area contributed by atoms with Crippen LogP contribution in [-0.4, -0.2) is 62.7 Å². The highest BCUT2D eigenvalue weighted by Gasteiger charge is 2.43. The molecule has 0 amide bonds. The van der Waals surface area contributed by atoms with Gasteiger partial charge in [-0.05, 0) is 37.1 Å². The van der Waals surface area contributed by atoms with Gasteiger partial charge < -0.3 is 29.9 Å². The Labute approximate surface area is 189 Å². The second-order valence-corrected chi connectivity index (χ2v) is 8.85. The molecule has 1 saturated heterocycles. The zero-order chi connectivity index (χ0) is 23.6. The van der Waals surface area contributed by atoms with E-state index >= 15 is 0 Å². The quantitative estimate of drug-likeness (QED) is 0.541. The molecule has 0 saturated carbocycles. The lowest BCUT2D eigenvalue weighted by atomic mass is 9.73. The van der Waals surface area contributed by atoms with E-state index in [2.05, 4.69) is 0 Å². The lowest BCUT2D eigenvalue weighted by molar-refractivity contribution is -0.216. The van der Waals surface area contributed by atoms with Crippen LogP contribution in [0.15, 0.2) is 35.9 Å². The molecule has 0 unspecified atom stereocenters. The number of carbonyl (C=O) groups is 2. The van der Waals surface area contributed by atoms with Crippen LogP contribution in [0.3, 0.4) is 0 Å². The number of phenols is 1. The van der Waals surface area contributed by atoms with Gasteiger partial charge in [0.15, 0.2) is 11.6 Å². The number of fused-ring (bicyclic) bond motifs is 3. The Bertz CT molecular complexity index is 1200. The summed E-state index contributed by atoms with van der Waals surface area (Å²) in [4.78, 5) is 27.1. The molecule has 0 spiro atoms. The van der Waals surface area contributed by atoms with E-state index < -0.39 is 42.3 Å². The van der Waals surface area contributed by atoms with Crippen LogP contribution >= 0.6 is 0 Å². The van der Waals surface area contributed by atoms with Gasteiger partial charge >= 0.3 is 0 Å². The highest BCUT2D eigenvalue weighted by atomic mass is 16.7. The van der Waals surface area contributed by atoms with Gasteiger partial charge in [-0.3, -0.25) is 9.59 Å². The minimum atomic E-state index is -1.21. The van der Waals surface area contributed by atoms with E-state index in [0.29, 0.717) is 5.56 Å². The average molecular weight is 452 g/mol. The Balaban J connectivity index is 1.59. The lowest BCUT2D eigenvalue weighted by Gasteiger charge is -2.36. The first-order valence-corrected chi connectivity index (χ1v) is 10.8. The molecule has 5 rings (SSSR count). The Morgan fingerprint density at radius 1 is 1.06 bits per heavy atom. The molecule has 8 heteroatoms. The van der Waals surface area contributed by atoms with Crippen molar-refractivity contribution in [2.45, 2.75) is 57.4 Å². The molecule has 4 N–H and O–H groups in total. The van der Waals surface area contributed by atoms with Crippen LogP contribution in [0.1, 0.15) is 50.8 Å². The summed E-state index contributed by atoms with van der Waals surface area (Å²) in [6.45, 7) is 3.40. The molecular formula is C25H24O8. The van der Waals surface area contributed by atoms with Gasteiger partial charge in [-0.1, -0.05) is 18.2 Å². The van der Waals surface area contributed by atoms with Gasteiger partial charge in [0, 0.05) is 35.1 Å². The lowest BCUT2D eigenvalue weighted by Crippen LogP contribution is -2.48. The normalized spacial score (nSPS) is 28.8. The van der Waals surface area contributed by atoms with Gasteiger partial charge in [0.05, 0.1) is 23.9 Å². The van der Waals surface area contributed by atoms with E-state index in [4.69, 9.17) is 9.47 Å². The summed E-state index contributed by atoms with van der Waals surface area (Å²) >= 11 is 0. The topological polar surface area (TPSA) is 134 Å². The van der Waals surface area contributed by atoms with E-state index in [1.54, 1.807) is 26.0 Å². The van der Waals surface area contributed by atoms with Gasteiger partial charge in [0.2, 0.25) is 6.29 Å². The van der Waals surface area contributed by atoms with Crippen molar-refractivity contribution >= 4 is 17.1 Å². The van der Waals surface area contributed by atoms with Gasteiger partial charge in [0.1, 0.15) is 17.6 Å². The van der Waals surface area contributed by atoms with Crippen LogP contribution in [0.4, 0.5) is 0 Å². The summed E-state index contributed by atoms with van der Waals surface area (Å²) in [6.07, 6.45) is -4.88. The van der Waals surface area contributed by atoms with Crippen molar-refractivity contribution in [3.63, 3.8) is 0 Å². The van der Waals surface area contributed by atoms with Crippen molar-refractivity contribution < 1.29 is 39.5 Å². The van der Waals surface area contributed by atoms with Gasteiger partial charge in [-0.15, -0.1) is 0 Å². The average Bonchev–Trinajstić information content (AvgIpc) is 2.74. The number of ketones is 2. The number of ether oxygens (including phenoxy) is 2. The minimum Gasteiger partial charge on any atom is -0.507 e. The van der Waals surface area contributed by atoms with Crippen LogP contribution < -0.4 is 4.74 Å². The summed E-state index contributed by atoms with van der Waals surface area (Å²) in [5.41, 5.74) is 1.71. The molecule has 0 aromatic heterocycles. The monoisotopic (exact) mass is 452 g/mol. The summed E-state index contributed by atoms with van der Waals surface area (Å²) < 4.78 is 11.5. The molecule has 5 atom stereocenters. The third-order valence-electron chi connectivity index (χ3n) is 6.51. The molecule has 2 aromatic carbocycles. The molecule has 0 bridgehead atoms. The zero-order valence-corrected chi connectivity index (χ0v) is 18.1. The first-order chi connectivity index (χ1) is 15.7. The van der Waals surface area contributed by atoms with Crippen molar-refractivity contribution in [1.82, 2.24) is 0 Å². The van der Waals surface area contributed by atoms with Crippen molar-refractivity contribution in [2.75, 3.05) is 0 Å². The smallest absolute Gasteiger partial charge is 0.202 e. The predicted octanol–water partition coefficient (Wildman–Crippen LogP) is 1.69. The number of rotatable bonds is 2. The van der Waals surface area contributed by atoms with Gasteiger partial charge in [0.25, 0.3) is 0 Å². The maximum Gasteiger partial charge on any atom is 0.202 e. The molecule has 1 aliphatic heterocycles. The molecule has 1 fully saturated rings. The second kappa shape index (κ2) is 7.78. The van der Waals surface area contributed by atoms with Crippen LogP contribution in [0, 0.1) is 6.92 Å². The number of Topliss-reactive ketones (excluding diaryl/α,β-unsaturated/α-hetero) is 2. The number of benzene rings is 2. The van der Waals surface area contributed by atoms with E-state index in [1.165, 1.54) is 18.2 Å². The first kappa shape index (κ1) is 21.8. The Hall–Kier alpha value is -3.04. The fraction of sp³-hybridized carbons (Fsp3) is 0.360. The number of hydrogen-bond donors (Lipinski definition) is 4. The number of aliphatic hydroxyl groups is 3. The molecule has 1 heterocycles. The number of phenolic OH excluding ortho intramolecular Hbond substituents is 1. The third-order valence-corrected chi connectivity index (χ3v) is 6.51. The van der Waals surface area contributed by atoms with Crippen molar-refractivity contribution in [1.29, 1.82) is 0 Å². The summed E-state index contributed by atoms with van der Waals surface area (Å²) in [6, 6.07) is 7.90. The van der Waals surface area contributed by atoms with Gasteiger partial charge in [-0.25, -0.2) is 0 Å². The molecule has 2 aromatic rings. The zero-order valence-electron chi connectivity index (χ0n) is 18.1. The summed E-state index contributed by atoms with van der Waals surface area (Å²) in [5, 5.41) is 41.4. The fourth-order valence-corrected chi connectivity index (χ4v) is 4.97. The van der Waals surface area contributed by atoms with E-state index in [0.717, 1.165) is 5.56 Å². The van der Waals surface area contributed by atoms with E-state index in [-0.39, 0.29) is 52.2 Å². The van der Waals surface area contributed by atoms with Crippen molar-refractivity contribution in [2.24, 2.45) is 0 Å². The first-order valence-electron chi connectivity index (χ1n) is 10.8. The van der Waals surface area contributed by atoms with Crippen LogP contribution in [0.5, 0.6) is 11.5 Å². The molecule has 172 valence electrons. The molecule has 8 nitrogen and oxygen atoms in total. The fourth-order valence-electron chi connectivity index (χ4n) is 4.97. The Morgan fingerprint density at radius 2 is 1.82 bits per heavy atom. The molecular weight excluding hydrogens is 428 g/mol. The molecule has 0 radical (unpaired) electrons. The highest BCUT2D eigenvalue weighted by molar-refractivity contribution is 6.42. The van der Waals surface area contributed by atoms with Crippen LogP contribution in [-0.2, 0) is 11.2 Å². The van der Waals surface area contributed by atoms with Crippen molar-refractivity contribution in [3.05, 3.63) is 63.7 Å². The standard InChI is InChI=1S/C25H24O8/c1-10-6-12-8-15(27)21-22(19(12)14(26)7-10)24(30)13-4-3-5-17(20(13)25(21)31)33-18-9-16(28)23(29)11(2)32-18/h3-7,11,15-16,18,23,26-29H,8-9H2,1-2H3/t11-,15-,16-,18+,23-/m1/s1. The molecule has 3 aliphatic rings. The number of hydrogen-bond acceptors (Lipinski definition) is 8. The molecule has 2 aliphatic carbocycles. The SMILES string of the molecule is Cc1cc(O)c2c(c1)C[C@@H](O)C1=C2C(=O)c2cccc(O[C@H]3C[C@@H](O)[C@H](O)[C@@H](C)O3)c2C1=O. The largest absolute Gasteiger partial charge is 0.507 e. The third kappa shape index (κ3) is 3.38. The van der Waals surface area contributed by atoms with E-state index in [1.807, 2.05) is 0 Å². The highest BCUT2D eigenvalue weighted by Crippen LogP contribution is 2.45. The van der Waals surface area contributed by atoms with Crippen LogP contribution in [0.2, 0.25) is 0 Å².